The van der Waals surface area contributed by atoms with Gasteiger partial charge in [0.1, 0.15) is 11.6 Å². The average Bonchev–Trinajstić information content (AvgIpc) is 2.83. The number of nitrogens with one attached hydrogen (secondary N) is 1. The molecule has 0 spiro atoms. The summed E-state index contributed by atoms with van der Waals surface area (Å²) in [6.45, 7) is 5.86. The van der Waals surface area contributed by atoms with Gasteiger partial charge in [0.2, 0.25) is 0 Å². The van der Waals surface area contributed by atoms with Crippen LogP contribution in [-0.2, 0) is 6.54 Å². The van der Waals surface area contributed by atoms with Crippen molar-refractivity contribution in [1.82, 2.24) is 10.3 Å². The molecule has 1 aliphatic heterocycles. The van der Waals surface area contributed by atoms with Gasteiger partial charge in [-0.05, 0) is 31.9 Å². The Bertz CT molecular complexity index is 362. The lowest BCUT2D eigenvalue weighted by atomic mass is 10.2. The van der Waals surface area contributed by atoms with Crippen molar-refractivity contribution in [3.05, 3.63) is 23.6 Å². The fourth-order valence-electron chi connectivity index (χ4n) is 2.22. The van der Waals surface area contributed by atoms with E-state index >= 15 is 0 Å². The summed E-state index contributed by atoms with van der Waals surface area (Å²) in [5, 5.41) is 3.31. The first kappa shape index (κ1) is 12.3. The number of hydrogen-bond donors (Lipinski definition) is 1. The average molecular weight is 237 g/mol. The van der Waals surface area contributed by atoms with Crippen molar-refractivity contribution in [2.75, 3.05) is 24.5 Å². The Kier molecular flexibility index (Phi) is 4.31. The second-order valence-corrected chi connectivity index (χ2v) is 4.51. The van der Waals surface area contributed by atoms with Gasteiger partial charge in [0.25, 0.3) is 0 Å². The molecule has 0 aromatic carbocycles. The number of anilines is 1. The lowest BCUT2D eigenvalue weighted by Gasteiger charge is -2.20. The van der Waals surface area contributed by atoms with Crippen molar-refractivity contribution in [1.29, 1.82) is 0 Å². The fourth-order valence-corrected chi connectivity index (χ4v) is 2.22. The minimum atomic E-state index is -0.249. The Morgan fingerprint density at radius 3 is 2.88 bits per heavy atom. The summed E-state index contributed by atoms with van der Waals surface area (Å²) < 4.78 is 13.2. The van der Waals surface area contributed by atoms with Crippen LogP contribution in [-0.4, -0.2) is 24.6 Å². The van der Waals surface area contributed by atoms with Crippen molar-refractivity contribution in [2.45, 2.75) is 32.7 Å². The molecule has 1 N–H and O–H groups in total. The van der Waals surface area contributed by atoms with Crippen LogP contribution >= 0.6 is 0 Å². The molecular formula is C13H20FN3. The number of nitrogens with zero attached hydrogens (tertiary/aromatic N) is 2. The number of pyridine rings is 1. The molecule has 0 unspecified atom stereocenters. The first-order chi connectivity index (χ1) is 8.31. The van der Waals surface area contributed by atoms with E-state index in [0.29, 0.717) is 6.54 Å². The zero-order chi connectivity index (χ0) is 12.1. The molecule has 0 atom stereocenters. The van der Waals surface area contributed by atoms with E-state index < -0.39 is 0 Å². The van der Waals surface area contributed by atoms with Crippen LogP contribution in [0.25, 0.3) is 0 Å². The van der Waals surface area contributed by atoms with E-state index in [1.807, 2.05) is 0 Å². The molecule has 1 aromatic heterocycles. The highest BCUT2D eigenvalue weighted by atomic mass is 19.1. The molecule has 0 aliphatic carbocycles. The second kappa shape index (κ2) is 5.96. The van der Waals surface area contributed by atoms with E-state index in [4.69, 9.17) is 0 Å². The highest BCUT2D eigenvalue weighted by Crippen LogP contribution is 2.22. The predicted octanol–water partition coefficient (Wildman–Crippen LogP) is 2.32. The third-order valence-electron chi connectivity index (χ3n) is 3.06. The maximum absolute atomic E-state index is 13.2. The Morgan fingerprint density at radius 2 is 2.18 bits per heavy atom. The molecule has 0 bridgehead atoms. The quantitative estimate of drug-likeness (QED) is 0.797. The largest absolute Gasteiger partial charge is 0.356 e. The van der Waals surface area contributed by atoms with Gasteiger partial charge in [-0.25, -0.2) is 9.37 Å². The van der Waals surface area contributed by atoms with Crippen LogP contribution in [0, 0.1) is 5.82 Å². The second-order valence-electron chi connectivity index (χ2n) is 4.51. The van der Waals surface area contributed by atoms with Gasteiger partial charge in [0, 0.05) is 25.2 Å². The lowest BCUT2D eigenvalue weighted by Crippen LogP contribution is -2.23. The molecule has 0 saturated carbocycles. The zero-order valence-corrected chi connectivity index (χ0v) is 10.4. The lowest BCUT2D eigenvalue weighted by molar-refractivity contribution is 0.610. The van der Waals surface area contributed by atoms with Crippen molar-refractivity contribution >= 4 is 5.82 Å². The molecule has 0 amide bonds. The SMILES string of the molecule is CCCNCc1cc(F)cnc1N1CCCC1. The topological polar surface area (TPSA) is 28.2 Å². The van der Waals surface area contributed by atoms with Crippen LogP contribution in [0.3, 0.4) is 0 Å². The Hall–Kier alpha value is -1.16. The van der Waals surface area contributed by atoms with Gasteiger partial charge in [-0.3, -0.25) is 0 Å². The Balaban J connectivity index is 2.12. The number of hydrogen-bond acceptors (Lipinski definition) is 3. The van der Waals surface area contributed by atoms with E-state index in [1.54, 1.807) is 6.07 Å². The van der Waals surface area contributed by atoms with Gasteiger partial charge in [-0.1, -0.05) is 6.92 Å². The number of halogens is 1. The van der Waals surface area contributed by atoms with Crippen LogP contribution in [0.4, 0.5) is 10.2 Å². The minimum Gasteiger partial charge on any atom is -0.356 e. The highest BCUT2D eigenvalue weighted by molar-refractivity contribution is 5.47. The highest BCUT2D eigenvalue weighted by Gasteiger charge is 2.17. The van der Waals surface area contributed by atoms with Gasteiger partial charge in [-0.2, -0.15) is 0 Å². The van der Waals surface area contributed by atoms with Gasteiger partial charge in [0.05, 0.1) is 6.20 Å². The van der Waals surface area contributed by atoms with Crippen LogP contribution < -0.4 is 10.2 Å². The molecule has 94 valence electrons. The first-order valence-electron chi connectivity index (χ1n) is 6.41. The van der Waals surface area contributed by atoms with Crippen molar-refractivity contribution < 1.29 is 4.39 Å². The van der Waals surface area contributed by atoms with E-state index in [1.165, 1.54) is 19.0 Å². The van der Waals surface area contributed by atoms with Crippen LogP contribution in [0.1, 0.15) is 31.7 Å². The normalized spacial score (nSPS) is 15.5. The monoisotopic (exact) mass is 237 g/mol. The molecular weight excluding hydrogens is 217 g/mol. The summed E-state index contributed by atoms with van der Waals surface area (Å²) in [6.07, 6.45) is 4.82. The molecule has 1 fully saturated rings. The molecule has 1 aliphatic rings. The molecule has 2 heterocycles. The van der Waals surface area contributed by atoms with Crippen LogP contribution in [0.2, 0.25) is 0 Å². The molecule has 4 heteroatoms. The molecule has 3 nitrogen and oxygen atoms in total. The molecule has 1 aromatic rings. The maximum atomic E-state index is 13.2. The summed E-state index contributed by atoms with van der Waals surface area (Å²) in [6, 6.07) is 1.60. The smallest absolute Gasteiger partial charge is 0.141 e. The molecule has 17 heavy (non-hydrogen) atoms. The molecule has 1 saturated heterocycles. The number of rotatable bonds is 5. The van der Waals surface area contributed by atoms with Crippen LogP contribution in [0.15, 0.2) is 12.3 Å². The third-order valence-corrected chi connectivity index (χ3v) is 3.06. The van der Waals surface area contributed by atoms with Gasteiger partial charge < -0.3 is 10.2 Å². The van der Waals surface area contributed by atoms with E-state index in [0.717, 1.165) is 37.4 Å². The van der Waals surface area contributed by atoms with Crippen molar-refractivity contribution in [2.24, 2.45) is 0 Å². The standard InChI is InChI=1S/C13H20FN3/c1-2-5-15-9-11-8-12(14)10-16-13(11)17-6-3-4-7-17/h8,10,15H,2-7,9H2,1H3. The number of aromatic nitrogens is 1. The van der Waals surface area contributed by atoms with E-state index in [-0.39, 0.29) is 5.82 Å². The fraction of sp³-hybridized carbons (Fsp3) is 0.615. The minimum absolute atomic E-state index is 0.249. The summed E-state index contributed by atoms with van der Waals surface area (Å²) in [4.78, 5) is 6.50. The summed E-state index contributed by atoms with van der Waals surface area (Å²) in [5.41, 5.74) is 0.973. The van der Waals surface area contributed by atoms with Gasteiger partial charge >= 0.3 is 0 Å². The Morgan fingerprint density at radius 1 is 1.41 bits per heavy atom. The Labute approximate surface area is 102 Å². The summed E-state index contributed by atoms with van der Waals surface area (Å²) >= 11 is 0. The van der Waals surface area contributed by atoms with Gasteiger partial charge in [-0.15, -0.1) is 0 Å². The molecule has 2 rings (SSSR count). The van der Waals surface area contributed by atoms with Crippen molar-refractivity contribution in [3.8, 4) is 0 Å². The van der Waals surface area contributed by atoms with Gasteiger partial charge in [0.15, 0.2) is 0 Å². The van der Waals surface area contributed by atoms with E-state index in [9.17, 15) is 4.39 Å². The predicted molar refractivity (Wildman–Crippen MR) is 67.6 cm³/mol. The maximum Gasteiger partial charge on any atom is 0.141 e. The zero-order valence-electron chi connectivity index (χ0n) is 10.4. The van der Waals surface area contributed by atoms with E-state index in [2.05, 4.69) is 22.1 Å². The third kappa shape index (κ3) is 3.16. The van der Waals surface area contributed by atoms with Crippen molar-refractivity contribution in [3.63, 3.8) is 0 Å². The first-order valence-corrected chi connectivity index (χ1v) is 6.41. The summed E-state index contributed by atoms with van der Waals surface area (Å²) in [7, 11) is 0. The molecule has 0 radical (unpaired) electrons. The van der Waals surface area contributed by atoms with Crippen LogP contribution in [0.5, 0.6) is 0 Å². The summed E-state index contributed by atoms with van der Waals surface area (Å²) in [5.74, 6) is 0.703.